The largest absolute Gasteiger partial charge is 0.456 e. The Morgan fingerprint density at radius 1 is 1.22 bits per heavy atom. The van der Waals surface area contributed by atoms with E-state index in [1.54, 1.807) is 11.8 Å². The highest BCUT2D eigenvalue weighted by Crippen LogP contribution is 2.20. The third-order valence-corrected chi connectivity index (χ3v) is 2.67. The number of hydrogen-bond acceptors (Lipinski definition) is 3. The second-order valence-corrected chi connectivity index (χ2v) is 5.98. The minimum atomic E-state index is -0.607. The lowest BCUT2D eigenvalue weighted by Gasteiger charge is -2.37. The van der Waals surface area contributed by atoms with Crippen molar-refractivity contribution in [2.45, 2.75) is 59.1 Å². The normalized spacial score (nSPS) is 11.9. The van der Waals surface area contributed by atoms with Crippen LogP contribution in [0.15, 0.2) is 12.7 Å². The van der Waals surface area contributed by atoms with E-state index in [0.29, 0.717) is 13.0 Å². The number of hydrogen-bond donors (Lipinski definition) is 0. The van der Waals surface area contributed by atoms with E-state index in [0.717, 1.165) is 6.08 Å². The lowest BCUT2D eigenvalue weighted by atomic mass is 10.0. The number of nitrogens with zero attached hydrogens (tertiary/aromatic N) is 1. The quantitative estimate of drug-likeness (QED) is 0.560. The zero-order chi connectivity index (χ0) is 14.6. The Hall–Kier alpha value is -1.32. The van der Waals surface area contributed by atoms with Gasteiger partial charge in [0.1, 0.15) is 5.60 Å². The smallest absolute Gasteiger partial charge is 0.330 e. The minimum Gasteiger partial charge on any atom is -0.456 e. The van der Waals surface area contributed by atoms with Crippen molar-refractivity contribution in [2.75, 3.05) is 6.54 Å². The van der Waals surface area contributed by atoms with Crippen LogP contribution in [0.2, 0.25) is 0 Å². The van der Waals surface area contributed by atoms with Crippen LogP contribution in [0.5, 0.6) is 0 Å². The molecule has 4 nitrogen and oxygen atoms in total. The number of amides is 1. The van der Waals surface area contributed by atoms with Crippen molar-refractivity contribution in [1.29, 1.82) is 0 Å². The van der Waals surface area contributed by atoms with Gasteiger partial charge in [-0.25, -0.2) is 4.79 Å². The summed E-state index contributed by atoms with van der Waals surface area (Å²) in [4.78, 5) is 24.5. The summed E-state index contributed by atoms with van der Waals surface area (Å²) in [6.07, 6.45) is 1.73. The molecule has 0 saturated heterocycles. The summed E-state index contributed by atoms with van der Waals surface area (Å²) in [7, 11) is 0. The third-order valence-electron chi connectivity index (χ3n) is 2.67. The molecular weight excluding hydrogens is 230 g/mol. The van der Waals surface area contributed by atoms with Crippen LogP contribution in [0.3, 0.4) is 0 Å². The van der Waals surface area contributed by atoms with Gasteiger partial charge in [-0.1, -0.05) is 6.58 Å². The molecule has 0 saturated carbocycles. The Morgan fingerprint density at radius 3 is 2.06 bits per heavy atom. The number of ether oxygens (including phenoxy) is 1. The summed E-state index contributed by atoms with van der Waals surface area (Å²) in [5, 5.41) is 0. The van der Waals surface area contributed by atoms with Crippen LogP contribution >= 0.6 is 0 Å². The molecule has 0 spiro atoms. The van der Waals surface area contributed by atoms with Gasteiger partial charge in [0.25, 0.3) is 0 Å². The number of carbonyl (C=O) groups excluding carboxylic acids is 2. The summed E-state index contributed by atoms with van der Waals surface area (Å²) in [5.74, 6) is -0.418. The van der Waals surface area contributed by atoms with E-state index in [9.17, 15) is 9.59 Å². The molecule has 18 heavy (non-hydrogen) atoms. The van der Waals surface area contributed by atoms with Gasteiger partial charge in [0.15, 0.2) is 0 Å². The second kappa shape index (κ2) is 6.03. The average Bonchev–Trinajstić information content (AvgIpc) is 2.13. The van der Waals surface area contributed by atoms with Crippen LogP contribution in [0.1, 0.15) is 48.0 Å². The van der Waals surface area contributed by atoms with Crippen molar-refractivity contribution in [3.63, 3.8) is 0 Å². The van der Waals surface area contributed by atoms with Crippen LogP contribution in [0.4, 0.5) is 0 Å². The van der Waals surface area contributed by atoms with Gasteiger partial charge >= 0.3 is 5.97 Å². The topological polar surface area (TPSA) is 46.6 Å². The molecule has 0 aliphatic heterocycles. The predicted octanol–water partition coefficient (Wildman–Crippen LogP) is 2.53. The van der Waals surface area contributed by atoms with Gasteiger partial charge in [-0.05, 0) is 34.6 Å². The molecule has 0 bridgehead atoms. The maximum absolute atomic E-state index is 11.6. The van der Waals surface area contributed by atoms with E-state index in [-0.39, 0.29) is 11.4 Å². The fraction of sp³-hybridized carbons (Fsp3) is 0.714. The second-order valence-electron chi connectivity index (χ2n) is 5.98. The van der Waals surface area contributed by atoms with Crippen molar-refractivity contribution in [1.82, 2.24) is 4.90 Å². The Kier molecular flexibility index (Phi) is 5.58. The highest BCUT2D eigenvalue weighted by Gasteiger charge is 2.28. The lowest BCUT2D eigenvalue weighted by molar-refractivity contribution is -0.151. The summed E-state index contributed by atoms with van der Waals surface area (Å²) in [6.45, 7) is 15.1. The maximum atomic E-state index is 11.6. The first-order chi connectivity index (χ1) is 7.99. The Balaban J connectivity index is 4.57. The van der Waals surface area contributed by atoms with Crippen LogP contribution in [0.25, 0.3) is 0 Å². The first-order valence-corrected chi connectivity index (χ1v) is 6.13. The SMILES string of the molecule is C=CC(=O)OC(C)(C)CCN(C(C)=O)C(C)(C)C. The van der Waals surface area contributed by atoms with E-state index in [1.165, 1.54) is 0 Å². The summed E-state index contributed by atoms with van der Waals surface area (Å²) in [6, 6.07) is 0. The fourth-order valence-corrected chi connectivity index (χ4v) is 1.71. The number of rotatable bonds is 5. The Labute approximate surface area is 110 Å². The van der Waals surface area contributed by atoms with E-state index in [1.807, 2.05) is 34.6 Å². The van der Waals surface area contributed by atoms with Crippen LogP contribution in [-0.4, -0.2) is 34.5 Å². The number of esters is 1. The summed E-state index contributed by atoms with van der Waals surface area (Å²) in [5.41, 5.74) is -0.839. The van der Waals surface area contributed by atoms with E-state index >= 15 is 0 Å². The first-order valence-electron chi connectivity index (χ1n) is 6.13. The van der Waals surface area contributed by atoms with Gasteiger partial charge < -0.3 is 9.64 Å². The lowest BCUT2D eigenvalue weighted by Crippen LogP contribution is -2.47. The maximum Gasteiger partial charge on any atom is 0.330 e. The zero-order valence-electron chi connectivity index (χ0n) is 12.4. The molecule has 0 aromatic heterocycles. The molecule has 0 heterocycles. The van der Waals surface area contributed by atoms with Crippen molar-refractivity contribution in [2.24, 2.45) is 0 Å². The van der Waals surface area contributed by atoms with Gasteiger partial charge in [-0.15, -0.1) is 0 Å². The molecule has 0 aliphatic carbocycles. The molecule has 0 aromatic carbocycles. The Bertz CT molecular complexity index is 326. The third kappa shape index (κ3) is 5.84. The molecule has 0 unspecified atom stereocenters. The van der Waals surface area contributed by atoms with Gasteiger partial charge in [-0.2, -0.15) is 0 Å². The van der Waals surface area contributed by atoms with Gasteiger partial charge in [-0.3, -0.25) is 4.79 Å². The highest BCUT2D eigenvalue weighted by atomic mass is 16.6. The standard InChI is InChI=1S/C14H25NO3/c1-8-12(17)18-14(6,7)9-10-15(11(2)16)13(3,4)5/h8H,1,9-10H2,2-7H3. The molecule has 1 amide bonds. The van der Waals surface area contributed by atoms with Crippen LogP contribution in [-0.2, 0) is 14.3 Å². The first kappa shape index (κ1) is 16.7. The predicted molar refractivity (Wildman–Crippen MR) is 72.1 cm³/mol. The molecule has 0 radical (unpaired) electrons. The molecule has 4 heteroatoms. The molecule has 104 valence electrons. The molecule has 0 aliphatic rings. The monoisotopic (exact) mass is 255 g/mol. The van der Waals surface area contributed by atoms with Crippen molar-refractivity contribution >= 4 is 11.9 Å². The molecule has 0 fully saturated rings. The van der Waals surface area contributed by atoms with Crippen LogP contribution in [0, 0.1) is 0 Å². The van der Waals surface area contributed by atoms with E-state index in [2.05, 4.69) is 6.58 Å². The van der Waals surface area contributed by atoms with Crippen molar-refractivity contribution < 1.29 is 14.3 Å². The van der Waals surface area contributed by atoms with Crippen LogP contribution < -0.4 is 0 Å². The fourth-order valence-electron chi connectivity index (χ4n) is 1.71. The molecular formula is C14H25NO3. The molecule has 0 N–H and O–H groups in total. The van der Waals surface area contributed by atoms with E-state index < -0.39 is 11.6 Å². The van der Waals surface area contributed by atoms with Gasteiger partial charge in [0, 0.05) is 31.5 Å². The van der Waals surface area contributed by atoms with Gasteiger partial charge in [0.2, 0.25) is 5.91 Å². The minimum absolute atomic E-state index is 0.0216. The van der Waals surface area contributed by atoms with E-state index in [4.69, 9.17) is 4.74 Å². The van der Waals surface area contributed by atoms with Gasteiger partial charge in [0.05, 0.1) is 0 Å². The highest BCUT2D eigenvalue weighted by molar-refractivity contribution is 5.81. The molecule has 0 aromatic rings. The number of carbonyl (C=O) groups is 2. The zero-order valence-corrected chi connectivity index (χ0v) is 12.4. The van der Waals surface area contributed by atoms with Crippen molar-refractivity contribution in [3.8, 4) is 0 Å². The molecule has 0 atom stereocenters. The summed E-state index contributed by atoms with van der Waals surface area (Å²) >= 11 is 0. The van der Waals surface area contributed by atoms with Crippen molar-refractivity contribution in [3.05, 3.63) is 12.7 Å². The average molecular weight is 255 g/mol. The Morgan fingerprint density at radius 2 is 1.72 bits per heavy atom. The molecule has 0 rings (SSSR count). The summed E-state index contributed by atoms with van der Waals surface area (Å²) < 4.78 is 5.23.